The molecule has 0 fully saturated rings. The van der Waals surface area contributed by atoms with Crippen LogP contribution in [0.2, 0.25) is 0 Å². The number of nitrogens with zero attached hydrogens (tertiary/aromatic N) is 5. The Balaban J connectivity index is 1.41. The maximum absolute atomic E-state index is 5.14. The largest absolute Gasteiger partial charge is 0.256 e. The average Bonchev–Trinajstić information content (AvgIpc) is 3.11. The van der Waals surface area contributed by atoms with E-state index in [1.165, 1.54) is 0 Å². The van der Waals surface area contributed by atoms with Crippen LogP contribution in [0.15, 0.2) is 152 Å². The quantitative estimate of drug-likeness (QED) is 0.209. The van der Waals surface area contributed by atoms with Gasteiger partial charge in [-0.2, -0.15) is 0 Å². The number of pyridine rings is 2. The summed E-state index contributed by atoms with van der Waals surface area (Å²) in [5.74, 6) is 1.83. The Bertz CT molecular complexity index is 2120. The molecular formula is C39H25N5. The molecule has 0 unspecified atom stereocenters. The summed E-state index contributed by atoms with van der Waals surface area (Å²) in [6.07, 6.45) is 3.62. The van der Waals surface area contributed by atoms with Gasteiger partial charge in [0.2, 0.25) is 0 Å². The second kappa shape index (κ2) is 11.0. The minimum absolute atomic E-state index is 0.584. The fourth-order valence-corrected chi connectivity index (χ4v) is 5.71. The predicted octanol–water partition coefficient (Wildman–Crippen LogP) is 9.30. The van der Waals surface area contributed by atoms with Gasteiger partial charge in [-0.25, -0.2) is 15.0 Å². The van der Waals surface area contributed by atoms with Crippen molar-refractivity contribution >= 4 is 21.5 Å². The minimum atomic E-state index is 0.584. The fourth-order valence-electron chi connectivity index (χ4n) is 5.71. The van der Waals surface area contributed by atoms with E-state index in [1.54, 1.807) is 0 Å². The van der Waals surface area contributed by atoms with Crippen molar-refractivity contribution in [3.8, 4) is 56.7 Å². The van der Waals surface area contributed by atoms with Gasteiger partial charge in [-0.15, -0.1) is 0 Å². The molecule has 0 aliphatic rings. The summed E-state index contributed by atoms with van der Waals surface area (Å²) < 4.78 is 0. The van der Waals surface area contributed by atoms with E-state index in [0.29, 0.717) is 17.5 Å². The highest BCUT2D eigenvalue weighted by Gasteiger charge is 2.17. The standard InChI is InChI=1S/C39H25N5/c1-3-15-31-26(11-1)13-9-17-33(31)38-42-37(43-39(44-38)34-18-10-14-27-12-2-4-16-32(27)34)30-24-28(35-19-5-7-21-40-35)23-29(25-30)36-20-6-8-22-41-36/h1-25H. The Labute approximate surface area is 254 Å². The lowest BCUT2D eigenvalue weighted by atomic mass is 9.99. The first-order chi connectivity index (χ1) is 21.8. The summed E-state index contributed by atoms with van der Waals surface area (Å²) in [6, 6.07) is 47.3. The molecule has 3 aromatic heterocycles. The van der Waals surface area contributed by atoms with Crippen LogP contribution >= 0.6 is 0 Å². The molecule has 0 aliphatic carbocycles. The monoisotopic (exact) mass is 563 g/mol. The van der Waals surface area contributed by atoms with Gasteiger partial charge in [0.1, 0.15) is 0 Å². The summed E-state index contributed by atoms with van der Waals surface area (Å²) >= 11 is 0. The lowest BCUT2D eigenvalue weighted by Gasteiger charge is -2.13. The molecule has 5 heteroatoms. The van der Waals surface area contributed by atoms with E-state index < -0.39 is 0 Å². The van der Waals surface area contributed by atoms with Gasteiger partial charge in [0.15, 0.2) is 17.5 Å². The van der Waals surface area contributed by atoms with E-state index in [9.17, 15) is 0 Å². The molecule has 8 rings (SSSR count). The lowest BCUT2D eigenvalue weighted by Crippen LogP contribution is -2.01. The molecule has 5 nitrogen and oxygen atoms in total. The Morgan fingerprint density at radius 2 is 0.773 bits per heavy atom. The van der Waals surface area contributed by atoms with Crippen LogP contribution in [-0.4, -0.2) is 24.9 Å². The highest BCUT2D eigenvalue weighted by molar-refractivity contribution is 5.97. The zero-order valence-corrected chi connectivity index (χ0v) is 23.7. The van der Waals surface area contributed by atoms with E-state index in [0.717, 1.165) is 60.8 Å². The molecule has 0 N–H and O–H groups in total. The van der Waals surface area contributed by atoms with E-state index >= 15 is 0 Å². The number of fused-ring (bicyclic) bond motifs is 2. The molecule has 5 aromatic carbocycles. The summed E-state index contributed by atoms with van der Waals surface area (Å²) in [6.45, 7) is 0. The zero-order chi connectivity index (χ0) is 29.3. The van der Waals surface area contributed by atoms with Gasteiger partial charge < -0.3 is 0 Å². The van der Waals surface area contributed by atoms with Gasteiger partial charge in [0.05, 0.1) is 11.4 Å². The first-order valence-corrected chi connectivity index (χ1v) is 14.5. The van der Waals surface area contributed by atoms with E-state index in [1.807, 2.05) is 48.8 Å². The van der Waals surface area contributed by atoms with E-state index in [4.69, 9.17) is 15.0 Å². The van der Waals surface area contributed by atoms with Gasteiger partial charge in [-0.3, -0.25) is 9.97 Å². The van der Waals surface area contributed by atoms with E-state index in [-0.39, 0.29) is 0 Å². The number of aromatic nitrogens is 5. The molecule has 3 heterocycles. The summed E-state index contributed by atoms with van der Waals surface area (Å²) in [5.41, 5.74) is 6.43. The topological polar surface area (TPSA) is 64.5 Å². The normalized spacial score (nSPS) is 11.2. The first kappa shape index (κ1) is 25.6. The third-order valence-corrected chi connectivity index (χ3v) is 7.81. The Hall–Kier alpha value is -6.07. The predicted molar refractivity (Wildman–Crippen MR) is 178 cm³/mol. The number of rotatable bonds is 5. The number of hydrogen-bond acceptors (Lipinski definition) is 5. The van der Waals surface area contributed by atoms with Crippen molar-refractivity contribution in [1.29, 1.82) is 0 Å². The molecule has 0 aliphatic heterocycles. The third kappa shape index (κ3) is 4.76. The molecule has 0 radical (unpaired) electrons. The maximum Gasteiger partial charge on any atom is 0.164 e. The van der Waals surface area contributed by atoms with Crippen LogP contribution in [0, 0.1) is 0 Å². The van der Waals surface area contributed by atoms with Gasteiger partial charge >= 0.3 is 0 Å². The van der Waals surface area contributed by atoms with Crippen molar-refractivity contribution in [3.63, 3.8) is 0 Å². The molecule has 8 aromatic rings. The molecule has 0 amide bonds. The van der Waals surface area contributed by atoms with Crippen molar-refractivity contribution < 1.29 is 0 Å². The molecule has 0 atom stereocenters. The van der Waals surface area contributed by atoms with Crippen LogP contribution in [0.5, 0.6) is 0 Å². The molecule has 206 valence electrons. The van der Waals surface area contributed by atoms with Crippen molar-refractivity contribution in [1.82, 2.24) is 24.9 Å². The van der Waals surface area contributed by atoms with Gasteiger partial charge in [-0.1, -0.05) is 97.1 Å². The Morgan fingerprint density at radius 1 is 0.341 bits per heavy atom. The highest BCUT2D eigenvalue weighted by Crippen LogP contribution is 2.35. The van der Waals surface area contributed by atoms with Crippen molar-refractivity contribution in [2.24, 2.45) is 0 Å². The zero-order valence-electron chi connectivity index (χ0n) is 23.7. The maximum atomic E-state index is 5.14. The van der Waals surface area contributed by atoms with Crippen LogP contribution in [0.1, 0.15) is 0 Å². The van der Waals surface area contributed by atoms with Crippen LogP contribution in [-0.2, 0) is 0 Å². The average molecular weight is 564 g/mol. The van der Waals surface area contributed by atoms with Crippen molar-refractivity contribution in [2.45, 2.75) is 0 Å². The van der Waals surface area contributed by atoms with E-state index in [2.05, 4.69) is 113 Å². The smallest absolute Gasteiger partial charge is 0.164 e. The fraction of sp³-hybridized carbons (Fsp3) is 0. The number of benzene rings is 5. The highest BCUT2D eigenvalue weighted by atomic mass is 15.0. The summed E-state index contributed by atoms with van der Waals surface area (Å²) in [4.78, 5) is 24.7. The second-order valence-electron chi connectivity index (χ2n) is 10.6. The van der Waals surface area contributed by atoms with Gasteiger partial charge in [-0.05, 0) is 64.0 Å². The molecule has 0 saturated heterocycles. The van der Waals surface area contributed by atoms with Crippen LogP contribution in [0.3, 0.4) is 0 Å². The molecule has 44 heavy (non-hydrogen) atoms. The summed E-state index contributed by atoms with van der Waals surface area (Å²) in [7, 11) is 0. The summed E-state index contributed by atoms with van der Waals surface area (Å²) in [5, 5.41) is 4.45. The minimum Gasteiger partial charge on any atom is -0.256 e. The molecule has 0 bridgehead atoms. The SMILES string of the molecule is c1ccc(-c2cc(-c3ccccn3)cc(-c3nc(-c4cccc5ccccc45)nc(-c4cccc5ccccc45)n3)c2)nc1. The Morgan fingerprint density at radius 3 is 1.27 bits per heavy atom. The lowest BCUT2D eigenvalue weighted by molar-refractivity contribution is 1.08. The van der Waals surface area contributed by atoms with Crippen LogP contribution in [0.4, 0.5) is 0 Å². The van der Waals surface area contributed by atoms with Crippen molar-refractivity contribution in [3.05, 3.63) is 152 Å². The molecule has 0 spiro atoms. The van der Waals surface area contributed by atoms with Gasteiger partial charge in [0, 0.05) is 40.2 Å². The van der Waals surface area contributed by atoms with Gasteiger partial charge in [0.25, 0.3) is 0 Å². The number of hydrogen-bond donors (Lipinski definition) is 0. The molecular weight excluding hydrogens is 538 g/mol. The Kier molecular flexibility index (Phi) is 6.39. The third-order valence-electron chi connectivity index (χ3n) is 7.81. The second-order valence-corrected chi connectivity index (χ2v) is 10.6. The molecule has 0 saturated carbocycles. The van der Waals surface area contributed by atoms with Crippen LogP contribution in [0.25, 0.3) is 78.2 Å². The first-order valence-electron chi connectivity index (χ1n) is 14.5. The van der Waals surface area contributed by atoms with Crippen LogP contribution < -0.4 is 0 Å². The van der Waals surface area contributed by atoms with Crippen molar-refractivity contribution in [2.75, 3.05) is 0 Å².